The summed E-state index contributed by atoms with van der Waals surface area (Å²) in [4.78, 5) is 75.2. The number of hydrogen-bond acceptors (Lipinski definition) is 7. The number of rotatable bonds is 15. The first kappa shape index (κ1) is 35.5. The lowest BCUT2D eigenvalue weighted by molar-refractivity contribution is -0.144. The smallest absolute Gasteiger partial charge is 0.326 e. The zero-order valence-corrected chi connectivity index (χ0v) is 25.2. The van der Waals surface area contributed by atoms with Gasteiger partial charge in [-0.1, -0.05) is 67.5 Å². The van der Waals surface area contributed by atoms with Crippen LogP contribution in [0.3, 0.4) is 0 Å². The average Bonchev–Trinajstić information content (AvgIpc) is 2.87. The molecule has 1 aliphatic rings. The monoisotopic (exact) mass is 576 g/mol. The molecule has 229 valence electrons. The van der Waals surface area contributed by atoms with E-state index in [4.69, 9.17) is 5.73 Å². The lowest BCUT2D eigenvalue weighted by Crippen LogP contribution is -2.61. The maximum Gasteiger partial charge on any atom is 0.326 e. The van der Waals surface area contributed by atoms with Crippen LogP contribution in [0.1, 0.15) is 61.8 Å². The van der Waals surface area contributed by atoms with Gasteiger partial charge in [0.15, 0.2) is 5.78 Å². The standard InChI is InChI=1S/C29H46N5O7/c1-14(2)21(31-25(36)20(30)13-18-9-11-19(35)12-10-18)26(37)32-22(15(3)4)27(38)33-23(16(5)6)28(39)34-24(17(7)8)29(40)41/h9-12,14-17,20-24H,13,30H2,1-8H3,(H,31,36)(H,32,37)(H,33,38)(H,34,39)(H,40,41)/t20-,21-,22-,23-,24-/m0/s1. The largest absolute Gasteiger partial charge is 0.480 e. The van der Waals surface area contributed by atoms with Gasteiger partial charge in [0, 0.05) is 5.92 Å². The van der Waals surface area contributed by atoms with Crippen LogP contribution in [0.25, 0.3) is 0 Å². The van der Waals surface area contributed by atoms with Crippen molar-refractivity contribution in [2.45, 2.75) is 92.0 Å². The maximum absolute atomic E-state index is 13.3. The van der Waals surface area contributed by atoms with E-state index in [1.165, 1.54) is 12.2 Å². The molecular formula is C29H46N5O7. The summed E-state index contributed by atoms with van der Waals surface area (Å²) < 4.78 is 0. The molecule has 12 heteroatoms. The van der Waals surface area contributed by atoms with Gasteiger partial charge < -0.3 is 32.1 Å². The Labute approximate surface area is 242 Å². The van der Waals surface area contributed by atoms with Gasteiger partial charge in [0.05, 0.1) is 6.04 Å². The minimum absolute atomic E-state index is 0.160. The Bertz CT molecular complexity index is 1020. The summed E-state index contributed by atoms with van der Waals surface area (Å²) in [7, 11) is 0. The van der Waals surface area contributed by atoms with Gasteiger partial charge in [0.1, 0.15) is 24.2 Å². The molecule has 1 aliphatic carbocycles. The Morgan fingerprint density at radius 1 is 0.610 bits per heavy atom. The molecule has 0 spiro atoms. The van der Waals surface area contributed by atoms with Crippen molar-refractivity contribution in [3.8, 4) is 0 Å². The van der Waals surface area contributed by atoms with Gasteiger partial charge in [-0.3, -0.25) is 24.0 Å². The number of carbonyl (C=O) groups excluding carboxylic acids is 5. The highest BCUT2D eigenvalue weighted by Crippen LogP contribution is 2.16. The summed E-state index contributed by atoms with van der Waals surface area (Å²) in [5, 5.41) is 19.9. The van der Waals surface area contributed by atoms with Gasteiger partial charge in [-0.2, -0.15) is 0 Å². The van der Waals surface area contributed by atoms with E-state index in [0.717, 1.165) is 0 Å². The molecule has 1 rings (SSSR count). The number of allylic oxidation sites excluding steroid dienone is 4. The second-order valence-electron chi connectivity index (χ2n) is 11.7. The maximum atomic E-state index is 13.3. The van der Waals surface area contributed by atoms with Crippen LogP contribution in [0, 0.1) is 29.6 Å². The number of ketones is 1. The van der Waals surface area contributed by atoms with Crippen molar-refractivity contribution in [3.05, 3.63) is 30.2 Å². The highest BCUT2D eigenvalue weighted by atomic mass is 16.4. The Kier molecular flexibility index (Phi) is 13.9. The number of carboxylic acids is 1. The molecule has 7 N–H and O–H groups in total. The summed E-state index contributed by atoms with van der Waals surface area (Å²) in [6, 6.07) is -5.20. The minimum Gasteiger partial charge on any atom is -0.480 e. The van der Waals surface area contributed by atoms with Crippen molar-refractivity contribution in [2.75, 3.05) is 0 Å². The van der Waals surface area contributed by atoms with Crippen molar-refractivity contribution in [1.29, 1.82) is 0 Å². The van der Waals surface area contributed by atoms with E-state index in [2.05, 4.69) is 21.3 Å². The number of nitrogens with two attached hydrogens (primary N) is 1. The van der Waals surface area contributed by atoms with Crippen molar-refractivity contribution in [3.63, 3.8) is 0 Å². The fraction of sp³-hybridized carbons (Fsp3) is 0.621. The van der Waals surface area contributed by atoms with Gasteiger partial charge in [-0.25, -0.2) is 4.79 Å². The number of hydrogen-bond donors (Lipinski definition) is 6. The molecule has 4 amide bonds. The quantitative estimate of drug-likeness (QED) is 0.163. The zero-order chi connectivity index (χ0) is 31.6. The number of carboxylic acid groups (broad SMARTS) is 1. The Morgan fingerprint density at radius 3 is 1.24 bits per heavy atom. The Morgan fingerprint density at radius 2 is 0.927 bits per heavy atom. The molecule has 41 heavy (non-hydrogen) atoms. The lowest BCUT2D eigenvalue weighted by atomic mass is 9.94. The highest BCUT2D eigenvalue weighted by Gasteiger charge is 2.35. The molecular weight excluding hydrogens is 530 g/mol. The topological polar surface area (TPSA) is 197 Å². The van der Waals surface area contributed by atoms with Gasteiger partial charge in [-0.05, 0) is 42.2 Å². The first-order valence-electron chi connectivity index (χ1n) is 13.9. The molecule has 1 radical (unpaired) electrons. The van der Waals surface area contributed by atoms with Crippen LogP contribution < -0.4 is 27.0 Å². The molecule has 0 aromatic rings. The fourth-order valence-corrected chi connectivity index (χ4v) is 4.08. The second-order valence-corrected chi connectivity index (χ2v) is 11.7. The van der Waals surface area contributed by atoms with Crippen LogP contribution in [-0.4, -0.2) is 70.7 Å². The second kappa shape index (κ2) is 16.0. The van der Waals surface area contributed by atoms with E-state index in [-0.39, 0.29) is 35.9 Å². The van der Waals surface area contributed by atoms with Gasteiger partial charge in [-0.15, -0.1) is 0 Å². The number of amides is 4. The molecule has 0 heterocycles. The third-order valence-corrected chi connectivity index (χ3v) is 6.69. The molecule has 0 bridgehead atoms. The lowest BCUT2D eigenvalue weighted by Gasteiger charge is -2.30. The van der Waals surface area contributed by atoms with Crippen LogP contribution in [-0.2, 0) is 28.8 Å². The molecule has 5 atom stereocenters. The van der Waals surface area contributed by atoms with Gasteiger partial charge in [0.25, 0.3) is 0 Å². The van der Waals surface area contributed by atoms with Crippen LogP contribution >= 0.6 is 0 Å². The van der Waals surface area contributed by atoms with Crippen molar-refractivity contribution >= 4 is 35.4 Å². The number of carbonyl (C=O) groups is 6. The van der Waals surface area contributed by atoms with Crippen LogP contribution in [0.4, 0.5) is 0 Å². The van der Waals surface area contributed by atoms with Crippen LogP contribution in [0.5, 0.6) is 0 Å². The predicted octanol–water partition coefficient (Wildman–Crippen LogP) is 0.621. The third kappa shape index (κ3) is 11.1. The number of nitrogens with one attached hydrogen (secondary N) is 4. The normalized spacial score (nSPS) is 17.2. The van der Waals surface area contributed by atoms with Crippen LogP contribution in [0.2, 0.25) is 0 Å². The van der Waals surface area contributed by atoms with E-state index in [1.807, 2.05) is 0 Å². The molecule has 0 fully saturated rings. The average molecular weight is 577 g/mol. The first-order chi connectivity index (χ1) is 19.0. The van der Waals surface area contributed by atoms with Crippen molar-refractivity contribution in [1.82, 2.24) is 21.3 Å². The summed E-state index contributed by atoms with van der Waals surface area (Å²) in [6.45, 7) is 13.7. The Hall–Kier alpha value is -3.54. The number of aliphatic carboxylic acids is 1. The molecule has 0 saturated carbocycles. The third-order valence-electron chi connectivity index (χ3n) is 6.69. The molecule has 0 aromatic carbocycles. The van der Waals surface area contributed by atoms with Gasteiger partial charge in [0.2, 0.25) is 23.6 Å². The van der Waals surface area contributed by atoms with E-state index in [9.17, 15) is 33.9 Å². The van der Waals surface area contributed by atoms with E-state index < -0.39 is 59.8 Å². The summed E-state index contributed by atoms with van der Waals surface area (Å²) in [5.74, 6) is -4.56. The SMILES string of the molecule is CC(C)[C@H](NC(=O)[C@@H](NC(=O)[C@@H](NC(=O)[C@@H](NC(=O)[C@@H](N)C[C]1C=CC(=O)C=C1)C(C)C)C(C)C)C(C)C)C(=O)O. The van der Waals surface area contributed by atoms with Crippen molar-refractivity contribution in [2.24, 2.45) is 29.4 Å². The van der Waals surface area contributed by atoms with Gasteiger partial charge >= 0.3 is 5.97 Å². The predicted molar refractivity (Wildman–Crippen MR) is 154 cm³/mol. The molecule has 0 saturated heterocycles. The van der Waals surface area contributed by atoms with E-state index in [0.29, 0.717) is 5.92 Å². The molecule has 0 aliphatic heterocycles. The fourth-order valence-electron chi connectivity index (χ4n) is 4.08. The zero-order valence-electron chi connectivity index (χ0n) is 25.2. The summed E-state index contributed by atoms with van der Waals surface area (Å²) >= 11 is 0. The summed E-state index contributed by atoms with van der Waals surface area (Å²) in [5.41, 5.74) is 6.06. The first-order valence-corrected chi connectivity index (χ1v) is 13.9. The molecule has 0 aromatic heterocycles. The highest BCUT2D eigenvalue weighted by molar-refractivity contribution is 6.01. The van der Waals surface area contributed by atoms with Crippen molar-refractivity contribution < 1.29 is 33.9 Å². The van der Waals surface area contributed by atoms with E-state index >= 15 is 0 Å². The molecule has 12 nitrogen and oxygen atoms in total. The van der Waals surface area contributed by atoms with E-state index in [1.54, 1.807) is 67.5 Å². The Balaban J connectivity index is 2.96. The summed E-state index contributed by atoms with van der Waals surface area (Å²) in [6.07, 6.45) is 6.09. The molecule has 0 unspecified atom stereocenters. The van der Waals surface area contributed by atoms with Crippen LogP contribution in [0.15, 0.2) is 24.3 Å². The minimum atomic E-state index is -1.18.